The first kappa shape index (κ1) is 13.9. The molecule has 3 rings (SSSR count). The third kappa shape index (κ3) is 2.84. The fourth-order valence-corrected chi connectivity index (χ4v) is 2.72. The van der Waals surface area contributed by atoms with Crippen LogP contribution in [0.1, 0.15) is 43.1 Å². The Balaban J connectivity index is 2.11. The van der Waals surface area contributed by atoms with Crippen molar-refractivity contribution < 1.29 is 9.90 Å². The van der Waals surface area contributed by atoms with Crippen LogP contribution in [0.15, 0.2) is 30.3 Å². The molecule has 0 aliphatic heterocycles. The van der Waals surface area contributed by atoms with Crippen LogP contribution >= 0.6 is 0 Å². The van der Waals surface area contributed by atoms with Gasteiger partial charge < -0.3 is 10.0 Å². The minimum absolute atomic E-state index is 0.130. The van der Waals surface area contributed by atoms with Crippen molar-refractivity contribution in [1.82, 2.24) is 4.98 Å². The number of carboxylic acids is 1. The normalized spacial score (nSPS) is 14.3. The van der Waals surface area contributed by atoms with Crippen molar-refractivity contribution in [2.24, 2.45) is 0 Å². The van der Waals surface area contributed by atoms with E-state index in [1.807, 2.05) is 24.3 Å². The van der Waals surface area contributed by atoms with E-state index in [0.717, 1.165) is 36.0 Å². The molecule has 1 aliphatic rings. The maximum atomic E-state index is 11.3. The zero-order valence-corrected chi connectivity index (χ0v) is 12.2. The van der Waals surface area contributed by atoms with Crippen molar-refractivity contribution in [1.29, 1.82) is 0 Å². The van der Waals surface area contributed by atoms with Crippen LogP contribution in [0.3, 0.4) is 0 Å². The lowest BCUT2D eigenvalue weighted by atomic mass is 10.1. The minimum atomic E-state index is -0.965. The summed E-state index contributed by atoms with van der Waals surface area (Å²) in [6.07, 6.45) is 4.65. The van der Waals surface area contributed by atoms with E-state index < -0.39 is 5.97 Å². The predicted octanol–water partition coefficient (Wildman–Crippen LogP) is 3.70. The molecule has 1 N–H and O–H groups in total. The van der Waals surface area contributed by atoms with E-state index in [9.17, 15) is 9.90 Å². The number of unbranched alkanes of at least 4 members (excludes halogenated alkanes) is 1. The number of pyridine rings is 1. The standard InChI is InChI=1S/C17H20N2O2/c1-2-3-10-19(12-8-9-12)16-11-15(17(20)21)18-14-7-5-4-6-13(14)16/h4-7,11-12H,2-3,8-10H2,1H3,(H,20,21). The van der Waals surface area contributed by atoms with Crippen LogP contribution in [0.5, 0.6) is 0 Å². The molecule has 0 atom stereocenters. The number of para-hydroxylation sites is 1. The van der Waals surface area contributed by atoms with Crippen molar-refractivity contribution in [3.8, 4) is 0 Å². The summed E-state index contributed by atoms with van der Waals surface area (Å²) >= 11 is 0. The summed E-state index contributed by atoms with van der Waals surface area (Å²) < 4.78 is 0. The second-order valence-corrected chi connectivity index (χ2v) is 5.63. The number of anilines is 1. The van der Waals surface area contributed by atoms with Gasteiger partial charge in [0.1, 0.15) is 0 Å². The van der Waals surface area contributed by atoms with Crippen LogP contribution in [0.2, 0.25) is 0 Å². The molecule has 0 saturated heterocycles. The van der Waals surface area contributed by atoms with Gasteiger partial charge in [0.15, 0.2) is 5.69 Å². The monoisotopic (exact) mass is 284 g/mol. The van der Waals surface area contributed by atoms with Gasteiger partial charge in [0.2, 0.25) is 0 Å². The minimum Gasteiger partial charge on any atom is -0.477 e. The summed E-state index contributed by atoms with van der Waals surface area (Å²) in [5.74, 6) is -0.965. The van der Waals surface area contributed by atoms with Gasteiger partial charge >= 0.3 is 5.97 Å². The topological polar surface area (TPSA) is 53.4 Å². The molecular formula is C17H20N2O2. The first-order chi connectivity index (χ1) is 10.2. The van der Waals surface area contributed by atoms with Gasteiger partial charge in [-0.2, -0.15) is 0 Å². The third-order valence-corrected chi connectivity index (χ3v) is 3.96. The Morgan fingerprint density at radius 2 is 2.14 bits per heavy atom. The largest absolute Gasteiger partial charge is 0.477 e. The molecule has 1 heterocycles. The lowest BCUT2D eigenvalue weighted by Gasteiger charge is -2.26. The van der Waals surface area contributed by atoms with Gasteiger partial charge in [-0.15, -0.1) is 0 Å². The second kappa shape index (κ2) is 5.72. The van der Waals surface area contributed by atoms with Gasteiger partial charge in [0.25, 0.3) is 0 Å². The molecule has 4 heteroatoms. The highest BCUT2D eigenvalue weighted by molar-refractivity contribution is 5.97. The number of rotatable bonds is 6. The molecule has 4 nitrogen and oxygen atoms in total. The van der Waals surface area contributed by atoms with Crippen molar-refractivity contribution >= 4 is 22.6 Å². The summed E-state index contributed by atoms with van der Waals surface area (Å²) in [5.41, 5.74) is 1.91. The van der Waals surface area contributed by atoms with Crippen LogP contribution in [0, 0.1) is 0 Å². The first-order valence-corrected chi connectivity index (χ1v) is 7.60. The molecule has 0 bridgehead atoms. The average molecular weight is 284 g/mol. The molecule has 0 radical (unpaired) electrons. The SMILES string of the molecule is CCCCN(c1cc(C(=O)O)nc2ccccc12)C1CC1. The number of hydrogen-bond donors (Lipinski definition) is 1. The molecule has 110 valence electrons. The second-order valence-electron chi connectivity index (χ2n) is 5.63. The number of carboxylic acid groups (broad SMARTS) is 1. The van der Waals surface area contributed by atoms with E-state index in [2.05, 4.69) is 16.8 Å². The maximum Gasteiger partial charge on any atom is 0.354 e. The molecule has 1 aromatic heterocycles. The average Bonchev–Trinajstić information content (AvgIpc) is 3.32. The van der Waals surface area contributed by atoms with Crippen LogP contribution in [-0.4, -0.2) is 28.6 Å². The van der Waals surface area contributed by atoms with Crippen LogP contribution in [0.4, 0.5) is 5.69 Å². The van der Waals surface area contributed by atoms with Crippen molar-refractivity contribution in [3.63, 3.8) is 0 Å². The number of aromatic nitrogens is 1. The Hall–Kier alpha value is -2.10. The van der Waals surface area contributed by atoms with E-state index in [1.54, 1.807) is 6.07 Å². The van der Waals surface area contributed by atoms with Crippen LogP contribution in [-0.2, 0) is 0 Å². The molecule has 1 saturated carbocycles. The number of nitrogens with zero attached hydrogens (tertiary/aromatic N) is 2. The van der Waals surface area contributed by atoms with Gasteiger partial charge in [-0.25, -0.2) is 9.78 Å². The Morgan fingerprint density at radius 1 is 1.38 bits per heavy atom. The Labute approximate surface area is 124 Å². The molecule has 1 fully saturated rings. The van der Waals surface area contributed by atoms with E-state index in [0.29, 0.717) is 6.04 Å². The molecular weight excluding hydrogens is 264 g/mol. The summed E-state index contributed by atoms with van der Waals surface area (Å²) in [7, 11) is 0. The summed E-state index contributed by atoms with van der Waals surface area (Å²) in [4.78, 5) is 18.0. The highest BCUT2D eigenvalue weighted by Crippen LogP contribution is 2.36. The number of carbonyl (C=O) groups is 1. The van der Waals surface area contributed by atoms with E-state index >= 15 is 0 Å². The summed E-state index contributed by atoms with van der Waals surface area (Å²) in [5, 5.41) is 10.3. The zero-order chi connectivity index (χ0) is 14.8. The number of fused-ring (bicyclic) bond motifs is 1. The molecule has 2 aromatic rings. The molecule has 0 unspecified atom stereocenters. The lowest BCUT2D eigenvalue weighted by molar-refractivity contribution is 0.0691. The highest BCUT2D eigenvalue weighted by Gasteiger charge is 2.30. The maximum absolute atomic E-state index is 11.3. The van der Waals surface area contributed by atoms with Crippen molar-refractivity contribution in [2.45, 2.75) is 38.6 Å². The van der Waals surface area contributed by atoms with Crippen LogP contribution in [0.25, 0.3) is 10.9 Å². The summed E-state index contributed by atoms with van der Waals surface area (Å²) in [6.45, 7) is 3.16. The third-order valence-electron chi connectivity index (χ3n) is 3.96. The first-order valence-electron chi connectivity index (χ1n) is 7.60. The predicted molar refractivity (Wildman–Crippen MR) is 84.0 cm³/mol. The molecule has 0 spiro atoms. The van der Waals surface area contributed by atoms with Gasteiger partial charge in [-0.3, -0.25) is 0 Å². The van der Waals surface area contributed by atoms with Crippen LogP contribution < -0.4 is 4.90 Å². The Kier molecular flexibility index (Phi) is 3.78. The van der Waals surface area contributed by atoms with Crippen molar-refractivity contribution in [2.75, 3.05) is 11.4 Å². The van der Waals surface area contributed by atoms with Gasteiger partial charge in [0.05, 0.1) is 5.52 Å². The van der Waals surface area contributed by atoms with Gasteiger partial charge in [0, 0.05) is 23.7 Å². The molecule has 1 aromatic carbocycles. The number of benzene rings is 1. The zero-order valence-electron chi connectivity index (χ0n) is 12.2. The molecule has 0 amide bonds. The van der Waals surface area contributed by atoms with Gasteiger partial charge in [-0.05, 0) is 31.4 Å². The van der Waals surface area contributed by atoms with E-state index in [-0.39, 0.29) is 5.69 Å². The fraction of sp³-hybridized carbons (Fsp3) is 0.412. The molecule has 1 aliphatic carbocycles. The smallest absolute Gasteiger partial charge is 0.354 e. The lowest BCUT2D eigenvalue weighted by Crippen LogP contribution is -2.27. The van der Waals surface area contributed by atoms with Crippen molar-refractivity contribution in [3.05, 3.63) is 36.0 Å². The van der Waals surface area contributed by atoms with E-state index in [1.165, 1.54) is 12.8 Å². The quantitative estimate of drug-likeness (QED) is 0.878. The number of aromatic carboxylic acids is 1. The van der Waals surface area contributed by atoms with Gasteiger partial charge in [-0.1, -0.05) is 31.5 Å². The Morgan fingerprint density at radius 3 is 2.81 bits per heavy atom. The number of hydrogen-bond acceptors (Lipinski definition) is 3. The fourth-order valence-electron chi connectivity index (χ4n) is 2.72. The van der Waals surface area contributed by atoms with E-state index in [4.69, 9.17) is 0 Å². The molecule has 21 heavy (non-hydrogen) atoms. The highest BCUT2D eigenvalue weighted by atomic mass is 16.4. The summed E-state index contributed by atoms with van der Waals surface area (Å²) in [6, 6.07) is 10.1. The Bertz CT molecular complexity index is 665.